The molecule has 1 aromatic heterocycles. The summed E-state index contributed by atoms with van der Waals surface area (Å²) in [4.78, 5) is 28.7. The molecule has 3 atom stereocenters. The summed E-state index contributed by atoms with van der Waals surface area (Å²) >= 11 is 0. The largest absolute Gasteiger partial charge is 0.482 e. The van der Waals surface area contributed by atoms with E-state index in [1.807, 2.05) is 18.2 Å². The van der Waals surface area contributed by atoms with Crippen molar-refractivity contribution in [1.29, 1.82) is 5.26 Å². The summed E-state index contributed by atoms with van der Waals surface area (Å²) in [5, 5.41) is 9.49. The molecule has 2 aromatic rings. The second kappa shape index (κ2) is 10.9. The molecule has 4 aliphatic rings. The van der Waals surface area contributed by atoms with Gasteiger partial charge in [0.05, 0.1) is 24.2 Å². The number of fused-ring (bicyclic) bond motifs is 2. The number of amides is 1. The number of ether oxygens (including phenoxy) is 2. The van der Waals surface area contributed by atoms with Crippen LogP contribution in [0.25, 0.3) is 6.08 Å². The fourth-order valence-electron chi connectivity index (χ4n) is 6.46. The zero-order chi connectivity index (χ0) is 27.7. The number of benzene rings is 1. The van der Waals surface area contributed by atoms with Crippen molar-refractivity contribution >= 4 is 17.8 Å². The highest BCUT2D eigenvalue weighted by Gasteiger charge is 2.40. The van der Waals surface area contributed by atoms with Crippen molar-refractivity contribution in [3.05, 3.63) is 59.8 Å². The Hall–Kier alpha value is -3.90. The maximum Gasteiger partial charge on any atom is 0.318 e. The van der Waals surface area contributed by atoms with E-state index in [1.165, 1.54) is 12.5 Å². The Labute approximate surface area is 235 Å². The van der Waals surface area contributed by atoms with Crippen LogP contribution in [-0.2, 0) is 17.6 Å². The number of piperazine rings is 1. The first-order valence-electron chi connectivity index (χ1n) is 14.2. The van der Waals surface area contributed by atoms with Crippen LogP contribution in [0.4, 0.5) is 5.82 Å². The smallest absolute Gasteiger partial charge is 0.318 e. The first-order chi connectivity index (χ1) is 19.5. The van der Waals surface area contributed by atoms with Crippen LogP contribution in [-0.4, -0.2) is 83.2 Å². The third-order valence-electron chi connectivity index (χ3n) is 8.76. The van der Waals surface area contributed by atoms with E-state index < -0.39 is 5.60 Å². The number of hydrogen-bond donors (Lipinski definition) is 0. The molecule has 1 spiro atoms. The molecule has 40 heavy (non-hydrogen) atoms. The topological polar surface area (TPSA) is 94.8 Å². The van der Waals surface area contributed by atoms with E-state index in [0.29, 0.717) is 44.7 Å². The molecule has 9 heteroatoms. The van der Waals surface area contributed by atoms with Gasteiger partial charge in [-0.2, -0.15) is 15.2 Å². The van der Waals surface area contributed by atoms with Gasteiger partial charge < -0.3 is 24.2 Å². The summed E-state index contributed by atoms with van der Waals surface area (Å²) in [6.45, 7) is 6.91. The van der Waals surface area contributed by atoms with E-state index in [-0.39, 0.29) is 18.4 Å². The number of para-hydroxylation sites is 1. The zero-order valence-corrected chi connectivity index (χ0v) is 23.1. The molecule has 1 aromatic carbocycles. The van der Waals surface area contributed by atoms with Gasteiger partial charge in [-0.25, -0.2) is 0 Å². The Morgan fingerprint density at radius 1 is 1.27 bits per heavy atom. The predicted octanol–water partition coefficient (Wildman–Crippen LogP) is 3.40. The molecule has 208 valence electrons. The third kappa shape index (κ3) is 5.04. The van der Waals surface area contributed by atoms with Gasteiger partial charge >= 0.3 is 6.01 Å². The van der Waals surface area contributed by atoms with Crippen LogP contribution in [0.1, 0.15) is 42.5 Å². The molecular formula is C31H36N6O3. The highest BCUT2D eigenvalue weighted by Crippen LogP contribution is 2.41. The Balaban J connectivity index is 1.31. The van der Waals surface area contributed by atoms with Crippen LogP contribution >= 0.6 is 0 Å². The minimum Gasteiger partial charge on any atom is -0.482 e. The summed E-state index contributed by atoms with van der Waals surface area (Å²) < 4.78 is 12.9. The van der Waals surface area contributed by atoms with Gasteiger partial charge in [0.1, 0.15) is 23.8 Å². The molecule has 0 saturated carbocycles. The van der Waals surface area contributed by atoms with Gasteiger partial charge in [0, 0.05) is 43.2 Å². The number of likely N-dealkylation sites (tertiary alicyclic amines) is 1. The maximum absolute atomic E-state index is 12.5. The second-order valence-electron chi connectivity index (χ2n) is 11.3. The van der Waals surface area contributed by atoms with Crippen molar-refractivity contribution in [1.82, 2.24) is 19.8 Å². The lowest BCUT2D eigenvalue weighted by atomic mass is 9.81. The van der Waals surface area contributed by atoms with E-state index >= 15 is 0 Å². The highest BCUT2D eigenvalue weighted by molar-refractivity contribution is 5.87. The van der Waals surface area contributed by atoms with Gasteiger partial charge in [-0.15, -0.1) is 0 Å². The van der Waals surface area contributed by atoms with Gasteiger partial charge in [0.2, 0.25) is 5.91 Å². The number of likely N-dealkylation sites (N-methyl/N-ethyl adjacent to an activating group) is 1. The van der Waals surface area contributed by atoms with Crippen molar-refractivity contribution < 1.29 is 14.3 Å². The molecule has 3 unspecified atom stereocenters. The summed E-state index contributed by atoms with van der Waals surface area (Å²) in [6, 6.07) is 10.9. The van der Waals surface area contributed by atoms with Gasteiger partial charge in [0.25, 0.3) is 0 Å². The van der Waals surface area contributed by atoms with Crippen molar-refractivity contribution in [2.75, 3.05) is 44.7 Å². The molecule has 2 saturated heterocycles. The minimum atomic E-state index is -0.464. The minimum absolute atomic E-state index is 0.141. The average Bonchev–Trinajstić information content (AvgIpc) is 3.39. The first-order valence-corrected chi connectivity index (χ1v) is 14.2. The van der Waals surface area contributed by atoms with Crippen LogP contribution in [0.15, 0.2) is 43.0 Å². The normalized spacial score (nSPS) is 25.6. The molecule has 9 nitrogen and oxygen atoms in total. The lowest BCUT2D eigenvalue weighted by Gasteiger charge is -2.43. The molecule has 4 heterocycles. The molecule has 3 aliphatic heterocycles. The Morgan fingerprint density at radius 3 is 2.95 bits per heavy atom. The monoisotopic (exact) mass is 540 g/mol. The molecule has 2 fully saturated rings. The summed E-state index contributed by atoms with van der Waals surface area (Å²) in [6.07, 6.45) is 10.4. The van der Waals surface area contributed by atoms with Gasteiger partial charge in [-0.1, -0.05) is 30.9 Å². The second-order valence-corrected chi connectivity index (χ2v) is 11.3. The van der Waals surface area contributed by atoms with Crippen LogP contribution < -0.4 is 14.4 Å². The Bertz CT molecular complexity index is 1370. The fourth-order valence-corrected chi connectivity index (χ4v) is 6.46. The van der Waals surface area contributed by atoms with Crippen LogP contribution in [0.5, 0.6) is 11.8 Å². The van der Waals surface area contributed by atoms with Gasteiger partial charge in [-0.05, 0) is 57.5 Å². The zero-order valence-electron chi connectivity index (χ0n) is 23.1. The molecule has 6 rings (SSSR count). The highest BCUT2D eigenvalue weighted by atomic mass is 16.5. The first kappa shape index (κ1) is 26.3. The molecule has 1 aliphatic carbocycles. The maximum atomic E-state index is 12.5. The van der Waals surface area contributed by atoms with Crippen LogP contribution in [0, 0.1) is 11.3 Å². The Kier molecular flexibility index (Phi) is 7.20. The molecule has 1 amide bonds. The third-order valence-corrected chi connectivity index (χ3v) is 8.76. The molecular weight excluding hydrogens is 504 g/mol. The summed E-state index contributed by atoms with van der Waals surface area (Å²) in [7, 11) is 2.13. The number of carbonyl (C=O) groups excluding carboxylic acids is 1. The number of anilines is 1. The SMILES string of the molecule is C=CC(=O)N1CCN(c2nc(OCC3CCCN3C)nc3c2CCC2(C=Cc4ccccc4O2)C3)CC1CC#N. The van der Waals surface area contributed by atoms with E-state index in [2.05, 4.69) is 47.7 Å². The lowest BCUT2D eigenvalue weighted by molar-refractivity contribution is -0.128. The van der Waals surface area contributed by atoms with E-state index in [0.717, 1.165) is 54.2 Å². The Morgan fingerprint density at radius 2 is 2.15 bits per heavy atom. The molecule has 0 bridgehead atoms. The van der Waals surface area contributed by atoms with E-state index in [1.54, 1.807) is 4.90 Å². The van der Waals surface area contributed by atoms with Crippen LogP contribution in [0.3, 0.4) is 0 Å². The molecule has 0 N–H and O–H groups in total. The predicted molar refractivity (Wildman–Crippen MR) is 152 cm³/mol. The number of hydrogen-bond acceptors (Lipinski definition) is 8. The van der Waals surface area contributed by atoms with Crippen molar-refractivity contribution in [3.63, 3.8) is 0 Å². The fraction of sp³-hybridized carbons (Fsp3) is 0.484. The quantitative estimate of drug-likeness (QED) is 0.515. The summed E-state index contributed by atoms with van der Waals surface area (Å²) in [5.74, 6) is 1.60. The van der Waals surface area contributed by atoms with Crippen LogP contribution in [0.2, 0.25) is 0 Å². The van der Waals surface area contributed by atoms with Crippen molar-refractivity contribution in [3.8, 4) is 17.8 Å². The number of rotatable bonds is 6. The standard InChI is InChI=1S/C31H36N6O3/c1-3-28(38)37-18-17-36(20-23(37)12-15-32)29-25-11-14-31(13-10-22-7-4-5-9-27(22)40-31)19-26(25)33-30(34-29)39-21-24-8-6-16-35(24)2/h3-5,7,9-10,13,23-24H,1,6,8,11-12,14,16-21H2,2H3. The van der Waals surface area contributed by atoms with Crippen molar-refractivity contribution in [2.24, 2.45) is 0 Å². The number of aromatic nitrogens is 2. The van der Waals surface area contributed by atoms with E-state index in [9.17, 15) is 10.1 Å². The summed E-state index contributed by atoms with van der Waals surface area (Å²) in [5.41, 5.74) is 2.67. The average molecular weight is 541 g/mol. The van der Waals surface area contributed by atoms with Crippen molar-refractivity contribution in [2.45, 2.75) is 56.2 Å². The number of nitrogens with zero attached hydrogens (tertiary/aromatic N) is 6. The van der Waals surface area contributed by atoms with Gasteiger partial charge in [-0.3, -0.25) is 4.79 Å². The number of carbonyl (C=O) groups is 1. The van der Waals surface area contributed by atoms with E-state index in [4.69, 9.17) is 19.4 Å². The number of nitriles is 1. The molecule has 0 radical (unpaired) electrons. The van der Waals surface area contributed by atoms with Gasteiger partial charge in [0.15, 0.2) is 0 Å². The lowest BCUT2D eigenvalue weighted by Crippen LogP contribution is -2.55.